The van der Waals surface area contributed by atoms with E-state index < -0.39 is 35.1 Å². The fourth-order valence-corrected chi connectivity index (χ4v) is 5.94. The summed E-state index contributed by atoms with van der Waals surface area (Å²) in [5.41, 5.74) is 1.40. The number of benzene rings is 3. The number of Topliss-reactive ketones (excluding diaryl/α,β-unsaturated/α-hetero) is 1. The highest BCUT2D eigenvalue weighted by molar-refractivity contribution is 6.14. The van der Waals surface area contributed by atoms with Gasteiger partial charge in [-0.15, -0.1) is 0 Å². The van der Waals surface area contributed by atoms with Gasteiger partial charge in [0.05, 0.1) is 25.4 Å². The van der Waals surface area contributed by atoms with Crippen molar-refractivity contribution in [3.63, 3.8) is 0 Å². The predicted octanol–water partition coefficient (Wildman–Crippen LogP) is 5.35. The largest absolute Gasteiger partial charge is 0.492 e. The number of ether oxygens (including phenoxy) is 3. The van der Waals surface area contributed by atoms with Crippen LogP contribution in [0.3, 0.4) is 0 Å². The van der Waals surface area contributed by atoms with E-state index in [4.69, 9.17) is 14.2 Å². The minimum atomic E-state index is -1.06. The molecule has 0 bridgehead atoms. The second-order valence-corrected chi connectivity index (χ2v) is 11.5. The van der Waals surface area contributed by atoms with Gasteiger partial charge >= 0.3 is 0 Å². The number of rotatable bonds is 8. The van der Waals surface area contributed by atoms with Crippen LogP contribution >= 0.6 is 0 Å². The SMILES string of the molecule is O=C1/C(=C/c2ccc(F)c(F)c2)CC(NC(=O)c2ccc(OCCN3CC4OCCOC4C3)cc2)C/C1=C\c1ccc(F)c(F)c1. The van der Waals surface area contributed by atoms with E-state index in [0.29, 0.717) is 37.7 Å². The number of ketones is 1. The van der Waals surface area contributed by atoms with E-state index in [2.05, 4.69) is 10.2 Å². The van der Waals surface area contributed by atoms with Crippen molar-refractivity contribution in [1.29, 1.82) is 0 Å². The van der Waals surface area contributed by atoms with Crippen LogP contribution in [-0.4, -0.2) is 74.3 Å². The minimum absolute atomic E-state index is 0.101. The van der Waals surface area contributed by atoms with E-state index in [1.165, 1.54) is 24.3 Å². The number of carbonyl (C=O) groups excluding carboxylic acids is 2. The van der Waals surface area contributed by atoms with Crippen LogP contribution in [0.5, 0.6) is 5.75 Å². The fraction of sp³-hybridized carbons (Fsp3) is 0.314. The molecule has 6 rings (SSSR count). The summed E-state index contributed by atoms with van der Waals surface area (Å²) in [7, 11) is 0. The quantitative estimate of drug-likeness (QED) is 0.266. The van der Waals surface area contributed by atoms with Crippen molar-refractivity contribution in [2.45, 2.75) is 31.1 Å². The van der Waals surface area contributed by atoms with E-state index in [1.54, 1.807) is 24.3 Å². The molecule has 3 fully saturated rings. The first-order chi connectivity index (χ1) is 22.2. The lowest BCUT2D eigenvalue weighted by molar-refractivity contribution is -0.116. The molecule has 3 aliphatic rings. The van der Waals surface area contributed by atoms with E-state index in [0.717, 1.165) is 37.4 Å². The maximum absolute atomic E-state index is 13.9. The molecule has 2 saturated heterocycles. The fourth-order valence-electron chi connectivity index (χ4n) is 5.94. The first-order valence-electron chi connectivity index (χ1n) is 15.1. The Labute approximate surface area is 263 Å². The maximum Gasteiger partial charge on any atom is 0.251 e. The normalized spacial score (nSPS) is 23.5. The van der Waals surface area contributed by atoms with Crippen LogP contribution in [0, 0.1) is 23.3 Å². The molecule has 0 radical (unpaired) electrons. The van der Waals surface area contributed by atoms with Crippen molar-refractivity contribution < 1.29 is 41.4 Å². The van der Waals surface area contributed by atoms with Gasteiger partial charge in [-0.2, -0.15) is 0 Å². The number of carbonyl (C=O) groups is 2. The first-order valence-corrected chi connectivity index (χ1v) is 15.1. The number of fused-ring (bicyclic) bond motifs is 1. The summed E-state index contributed by atoms with van der Waals surface area (Å²) >= 11 is 0. The van der Waals surface area contributed by atoms with Crippen LogP contribution in [-0.2, 0) is 14.3 Å². The Balaban J connectivity index is 1.12. The van der Waals surface area contributed by atoms with Crippen LogP contribution in [0.25, 0.3) is 12.2 Å². The summed E-state index contributed by atoms with van der Waals surface area (Å²) in [6.45, 7) is 4.01. The Kier molecular flexibility index (Phi) is 9.62. The zero-order valence-corrected chi connectivity index (χ0v) is 24.8. The minimum Gasteiger partial charge on any atom is -0.492 e. The highest BCUT2D eigenvalue weighted by Gasteiger charge is 2.36. The van der Waals surface area contributed by atoms with E-state index in [-0.39, 0.29) is 53.2 Å². The molecule has 11 heteroatoms. The summed E-state index contributed by atoms with van der Waals surface area (Å²) in [5, 5.41) is 2.94. The van der Waals surface area contributed by atoms with Gasteiger partial charge in [-0.05, 0) is 84.7 Å². The smallest absolute Gasteiger partial charge is 0.251 e. The van der Waals surface area contributed by atoms with Crippen molar-refractivity contribution in [3.8, 4) is 5.75 Å². The lowest BCUT2D eigenvalue weighted by Gasteiger charge is -2.27. The Bertz CT molecular complexity index is 1590. The molecule has 1 N–H and O–H groups in total. The molecule has 0 spiro atoms. The van der Waals surface area contributed by atoms with E-state index >= 15 is 0 Å². The second-order valence-electron chi connectivity index (χ2n) is 11.5. The summed E-state index contributed by atoms with van der Waals surface area (Å²) in [4.78, 5) is 28.9. The van der Waals surface area contributed by atoms with Gasteiger partial charge < -0.3 is 19.5 Å². The van der Waals surface area contributed by atoms with Crippen molar-refractivity contribution in [1.82, 2.24) is 10.2 Å². The highest BCUT2D eigenvalue weighted by atomic mass is 19.2. The van der Waals surface area contributed by atoms with Crippen molar-refractivity contribution in [3.05, 3.63) is 112 Å². The molecule has 2 unspecified atom stereocenters. The lowest BCUT2D eigenvalue weighted by atomic mass is 9.83. The van der Waals surface area contributed by atoms with Crippen molar-refractivity contribution in [2.75, 3.05) is 39.5 Å². The number of hydrogen-bond donors (Lipinski definition) is 1. The monoisotopic (exact) mass is 636 g/mol. The number of likely N-dealkylation sites (tertiary alicyclic amines) is 1. The molecule has 7 nitrogen and oxygen atoms in total. The molecule has 2 aliphatic heterocycles. The van der Waals surface area contributed by atoms with Crippen molar-refractivity contribution >= 4 is 23.8 Å². The standard InChI is InChI=1S/C35H32F4N2O5/c36-28-7-1-21(15-30(28)38)13-24-17-26(18-25(34(24)42)14-22-2-8-29(37)31(39)16-22)40-35(43)23-3-5-27(6-4-23)44-10-9-41-19-32-33(20-41)46-12-11-45-32/h1-8,13-16,26,32-33H,9-12,17-20H2,(H,40,43)/b24-13+,25-14+. The summed E-state index contributed by atoms with van der Waals surface area (Å²) in [6, 6.07) is 12.7. The van der Waals surface area contributed by atoms with Crippen LogP contribution in [0.15, 0.2) is 71.8 Å². The van der Waals surface area contributed by atoms with Crippen LogP contribution in [0.1, 0.15) is 34.3 Å². The molecule has 1 amide bonds. The molecular weight excluding hydrogens is 604 g/mol. The van der Waals surface area contributed by atoms with Crippen LogP contribution < -0.4 is 10.1 Å². The summed E-state index contributed by atoms with van der Waals surface area (Å²) in [6.07, 6.45) is 3.31. The molecule has 2 heterocycles. The summed E-state index contributed by atoms with van der Waals surface area (Å²) < 4.78 is 72.1. The third kappa shape index (κ3) is 7.55. The molecule has 46 heavy (non-hydrogen) atoms. The van der Waals surface area contributed by atoms with Gasteiger partial charge in [0.25, 0.3) is 5.91 Å². The number of hydrogen-bond acceptors (Lipinski definition) is 6. The average molecular weight is 637 g/mol. The first kappa shape index (κ1) is 31.7. The van der Waals surface area contributed by atoms with Gasteiger partial charge in [-0.3, -0.25) is 14.5 Å². The van der Waals surface area contributed by atoms with E-state index in [9.17, 15) is 27.2 Å². The Morgan fingerprint density at radius 1 is 0.804 bits per heavy atom. The maximum atomic E-state index is 13.9. The average Bonchev–Trinajstić information content (AvgIpc) is 3.46. The molecule has 240 valence electrons. The predicted molar refractivity (Wildman–Crippen MR) is 162 cm³/mol. The Morgan fingerprint density at radius 3 is 1.87 bits per heavy atom. The van der Waals surface area contributed by atoms with E-state index in [1.807, 2.05) is 0 Å². The third-order valence-electron chi connectivity index (χ3n) is 8.25. The van der Waals surface area contributed by atoms with Gasteiger partial charge in [0.1, 0.15) is 12.4 Å². The second kappa shape index (κ2) is 14.0. The number of nitrogens with one attached hydrogen (secondary N) is 1. The van der Waals surface area contributed by atoms with Gasteiger partial charge in [-0.25, -0.2) is 17.6 Å². The molecule has 1 saturated carbocycles. The van der Waals surface area contributed by atoms with Gasteiger partial charge in [0.2, 0.25) is 0 Å². The Morgan fingerprint density at radius 2 is 1.35 bits per heavy atom. The third-order valence-corrected chi connectivity index (χ3v) is 8.25. The molecule has 0 aromatic heterocycles. The summed E-state index contributed by atoms with van der Waals surface area (Å²) in [5.74, 6) is -4.34. The van der Waals surface area contributed by atoms with Gasteiger partial charge in [0, 0.05) is 42.4 Å². The molecular formula is C35H32F4N2O5. The van der Waals surface area contributed by atoms with Crippen LogP contribution in [0.4, 0.5) is 17.6 Å². The number of amides is 1. The zero-order chi connectivity index (χ0) is 32.2. The van der Waals surface area contributed by atoms with Crippen molar-refractivity contribution in [2.24, 2.45) is 0 Å². The molecule has 2 atom stereocenters. The zero-order valence-electron chi connectivity index (χ0n) is 24.8. The Hall–Kier alpha value is -4.32. The molecule has 1 aliphatic carbocycles. The van der Waals surface area contributed by atoms with Crippen LogP contribution in [0.2, 0.25) is 0 Å². The van der Waals surface area contributed by atoms with Gasteiger partial charge in [0.15, 0.2) is 29.1 Å². The topological polar surface area (TPSA) is 77.1 Å². The highest BCUT2D eigenvalue weighted by Crippen LogP contribution is 2.30. The lowest BCUT2D eigenvalue weighted by Crippen LogP contribution is -2.39. The number of halogens is 4. The molecule has 3 aromatic carbocycles. The number of nitrogens with zero attached hydrogens (tertiary/aromatic N) is 1. The van der Waals surface area contributed by atoms with Gasteiger partial charge in [-0.1, -0.05) is 12.1 Å². The molecule has 3 aromatic rings.